The van der Waals surface area contributed by atoms with Gasteiger partial charge in [-0.1, -0.05) is 38.5 Å². The first-order valence-electron chi connectivity index (χ1n) is 10.6. The van der Waals surface area contributed by atoms with E-state index < -0.39 is 0 Å². The first-order chi connectivity index (χ1) is 14.1. The third-order valence-corrected chi connectivity index (χ3v) is 7.36. The van der Waals surface area contributed by atoms with Gasteiger partial charge in [-0.3, -0.25) is 5.32 Å². The van der Waals surface area contributed by atoms with E-state index in [1.165, 1.54) is 49.9 Å². The molecule has 2 aromatic rings. The number of urea groups is 1. The van der Waals surface area contributed by atoms with Crippen molar-refractivity contribution in [2.75, 3.05) is 5.32 Å². The molecule has 8 nitrogen and oxygen atoms in total. The Hall–Kier alpha value is -1.68. The van der Waals surface area contributed by atoms with E-state index in [9.17, 15) is 4.79 Å². The van der Waals surface area contributed by atoms with E-state index in [4.69, 9.17) is 0 Å². The van der Waals surface area contributed by atoms with Crippen molar-refractivity contribution in [3.63, 3.8) is 0 Å². The molecule has 1 N–H and O–H groups in total. The van der Waals surface area contributed by atoms with Crippen LogP contribution in [0.15, 0.2) is 5.38 Å². The van der Waals surface area contributed by atoms with Gasteiger partial charge in [-0.2, -0.15) is 12.6 Å². The predicted molar refractivity (Wildman–Crippen MR) is 116 cm³/mol. The van der Waals surface area contributed by atoms with Crippen LogP contribution in [0, 0.1) is 0 Å². The summed E-state index contributed by atoms with van der Waals surface area (Å²) in [5.74, 6) is 0.627. The average Bonchev–Trinajstić information content (AvgIpc) is 3.38. The Morgan fingerprint density at radius 2 is 1.79 bits per heavy atom. The fraction of sp³-hybridized carbons (Fsp3) is 0.737. The molecule has 0 bridgehead atoms. The molecule has 2 aliphatic rings. The van der Waals surface area contributed by atoms with Crippen LogP contribution in [-0.4, -0.2) is 48.2 Å². The molecule has 0 radical (unpaired) electrons. The normalized spacial score (nSPS) is 19.8. The van der Waals surface area contributed by atoms with E-state index in [2.05, 4.69) is 43.4 Å². The van der Waals surface area contributed by atoms with E-state index in [-0.39, 0.29) is 11.3 Å². The molecule has 10 heteroatoms. The molecule has 2 aromatic heterocycles. The van der Waals surface area contributed by atoms with Crippen LogP contribution in [0.4, 0.5) is 9.93 Å². The highest BCUT2D eigenvalue weighted by Gasteiger charge is 2.33. The van der Waals surface area contributed by atoms with E-state index >= 15 is 0 Å². The van der Waals surface area contributed by atoms with Crippen molar-refractivity contribution in [3.05, 3.63) is 16.9 Å². The Balaban J connectivity index is 1.47. The van der Waals surface area contributed by atoms with Crippen molar-refractivity contribution in [1.82, 2.24) is 30.1 Å². The highest BCUT2D eigenvalue weighted by Crippen LogP contribution is 2.32. The van der Waals surface area contributed by atoms with Crippen LogP contribution in [0.3, 0.4) is 0 Å². The molecule has 1 unspecified atom stereocenters. The van der Waals surface area contributed by atoms with Gasteiger partial charge in [0.1, 0.15) is 5.25 Å². The smallest absolute Gasteiger partial charge is 0.319 e. The summed E-state index contributed by atoms with van der Waals surface area (Å²) in [5.41, 5.74) is 0.744. The van der Waals surface area contributed by atoms with Crippen LogP contribution in [0.5, 0.6) is 0 Å². The maximum absolute atomic E-state index is 13.3. The number of hydrogen-bond acceptors (Lipinski definition) is 7. The standard InChI is InChI=1S/C19H29N7OS2/c1-25-17(22-23-24-25)16(28)15-12-29-18(20-15)21-19(27)26(13-8-4-2-5-9-13)14-10-6-3-7-11-14/h12-14,16,28H,2-11H2,1H3,(H,20,21,27). The van der Waals surface area contributed by atoms with Crippen LogP contribution >= 0.6 is 24.0 Å². The predicted octanol–water partition coefficient (Wildman–Crippen LogP) is 4.19. The summed E-state index contributed by atoms with van der Waals surface area (Å²) in [5, 5.41) is 16.8. The number of anilines is 1. The van der Waals surface area contributed by atoms with Crippen molar-refractivity contribution in [2.45, 2.75) is 81.5 Å². The summed E-state index contributed by atoms with van der Waals surface area (Å²) in [6, 6.07) is 0.711. The Kier molecular flexibility index (Phi) is 6.69. The molecule has 0 saturated heterocycles. The van der Waals surface area contributed by atoms with Gasteiger partial charge in [0.05, 0.1) is 5.69 Å². The molecule has 2 amide bonds. The maximum Gasteiger partial charge on any atom is 0.324 e. The maximum atomic E-state index is 13.3. The summed E-state index contributed by atoms with van der Waals surface area (Å²) in [6.07, 6.45) is 11.9. The molecule has 1 atom stereocenters. The lowest BCUT2D eigenvalue weighted by Crippen LogP contribution is -2.50. The fourth-order valence-electron chi connectivity index (χ4n) is 4.57. The van der Waals surface area contributed by atoms with Gasteiger partial charge in [0.25, 0.3) is 0 Å². The monoisotopic (exact) mass is 435 g/mol. The van der Waals surface area contributed by atoms with Crippen LogP contribution in [-0.2, 0) is 7.05 Å². The Labute approximate surface area is 180 Å². The molecule has 2 saturated carbocycles. The molecular formula is C19H29N7OS2. The number of tetrazole rings is 1. The zero-order valence-electron chi connectivity index (χ0n) is 16.8. The van der Waals surface area contributed by atoms with E-state index in [0.717, 1.165) is 31.4 Å². The zero-order chi connectivity index (χ0) is 20.2. The highest BCUT2D eigenvalue weighted by atomic mass is 32.1. The number of thiazole rings is 1. The number of thiol groups is 1. The van der Waals surface area contributed by atoms with Crippen LogP contribution in [0.2, 0.25) is 0 Å². The SMILES string of the molecule is Cn1nnnc1C(S)c1csc(NC(=O)N(C2CCCCC2)C2CCCCC2)n1. The summed E-state index contributed by atoms with van der Waals surface area (Å²) in [6.45, 7) is 0. The molecule has 0 spiro atoms. The number of carbonyl (C=O) groups is 1. The average molecular weight is 436 g/mol. The van der Waals surface area contributed by atoms with Gasteiger partial charge in [0.15, 0.2) is 11.0 Å². The van der Waals surface area contributed by atoms with E-state index in [1.54, 1.807) is 11.7 Å². The lowest BCUT2D eigenvalue weighted by atomic mass is 9.89. The molecule has 158 valence electrons. The zero-order valence-corrected chi connectivity index (χ0v) is 18.5. The largest absolute Gasteiger partial charge is 0.324 e. The Morgan fingerprint density at radius 1 is 1.17 bits per heavy atom. The van der Waals surface area contributed by atoms with Crippen molar-refractivity contribution in [2.24, 2.45) is 7.05 Å². The summed E-state index contributed by atoms with van der Waals surface area (Å²) in [7, 11) is 1.78. The number of hydrogen-bond donors (Lipinski definition) is 2. The number of nitrogens with zero attached hydrogens (tertiary/aromatic N) is 6. The third kappa shape index (κ3) is 4.74. The minimum Gasteiger partial charge on any atom is -0.319 e. The minimum atomic E-state index is -0.329. The number of amides is 2. The van der Waals surface area contributed by atoms with Crippen LogP contribution in [0.25, 0.3) is 0 Å². The van der Waals surface area contributed by atoms with Gasteiger partial charge in [-0.15, -0.1) is 16.4 Å². The molecular weight excluding hydrogens is 406 g/mol. The number of carbonyl (C=O) groups excluding carboxylic acids is 1. The second kappa shape index (κ2) is 9.42. The molecule has 29 heavy (non-hydrogen) atoms. The number of aryl methyl sites for hydroxylation is 1. The Morgan fingerprint density at radius 3 is 2.34 bits per heavy atom. The van der Waals surface area contributed by atoms with Crippen LogP contribution < -0.4 is 5.32 Å². The molecule has 2 aliphatic carbocycles. The molecule has 0 aliphatic heterocycles. The van der Waals surface area contributed by atoms with Crippen molar-refractivity contribution >= 4 is 35.1 Å². The second-order valence-electron chi connectivity index (χ2n) is 8.06. The van der Waals surface area contributed by atoms with Gasteiger partial charge in [-0.25, -0.2) is 14.5 Å². The number of nitrogens with one attached hydrogen (secondary N) is 1. The Bertz CT molecular complexity index is 793. The summed E-state index contributed by atoms with van der Waals surface area (Å²) < 4.78 is 1.59. The van der Waals surface area contributed by atoms with Gasteiger partial charge >= 0.3 is 6.03 Å². The first kappa shape index (κ1) is 20.6. The lowest BCUT2D eigenvalue weighted by molar-refractivity contribution is 0.114. The van der Waals surface area contributed by atoms with Gasteiger partial charge in [0, 0.05) is 24.5 Å². The summed E-state index contributed by atoms with van der Waals surface area (Å²) in [4.78, 5) is 20.1. The topological polar surface area (TPSA) is 88.8 Å². The first-order valence-corrected chi connectivity index (χ1v) is 12.0. The fourth-order valence-corrected chi connectivity index (χ4v) is 5.75. The van der Waals surface area contributed by atoms with E-state index in [1.807, 2.05) is 5.38 Å². The second-order valence-corrected chi connectivity index (χ2v) is 9.44. The van der Waals surface area contributed by atoms with Crippen molar-refractivity contribution < 1.29 is 4.79 Å². The number of aromatic nitrogens is 5. The molecule has 2 fully saturated rings. The van der Waals surface area contributed by atoms with E-state index in [0.29, 0.717) is 23.0 Å². The van der Waals surface area contributed by atoms with Gasteiger partial charge in [0.2, 0.25) is 0 Å². The highest BCUT2D eigenvalue weighted by molar-refractivity contribution is 7.80. The molecule has 2 heterocycles. The lowest BCUT2D eigenvalue weighted by Gasteiger charge is -2.41. The number of rotatable bonds is 5. The third-order valence-electron chi connectivity index (χ3n) is 6.08. The minimum absolute atomic E-state index is 0.000685. The van der Waals surface area contributed by atoms with Gasteiger partial charge in [-0.05, 0) is 36.1 Å². The molecule has 4 rings (SSSR count). The van der Waals surface area contributed by atoms with Crippen molar-refractivity contribution in [1.29, 1.82) is 0 Å². The van der Waals surface area contributed by atoms with Gasteiger partial charge < -0.3 is 4.90 Å². The van der Waals surface area contributed by atoms with Crippen LogP contribution in [0.1, 0.15) is 81.0 Å². The molecule has 0 aromatic carbocycles. The summed E-state index contributed by atoms with van der Waals surface area (Å²) >= 11 is 6.04. The quantitative estimate of drug-likeness (QED) is 0.688. The van der Waals surface area contributed by atoms with Crippen molar-refractivity contribution in [3.8, 4) is 0 Å².